The smallest absolute Gasteiger partial charge is 0.192 e. The van der Waals surface area contributed by atoms with Crippen LogP contribution in [0.5, 0.6) is 0 Å². The number of rotatable bonds is 4. The van der Waals surface area contributed by atoms with E-state index in [1.165, 1.54) is 6.33 Å². The Kier molecular flexibility index (Phi) is 5.46. The van der Waals surface area contributed by atoms with E-state index in [1.807, 2.05) is 13.8 Å². The number of hydrogen-bond donors (Lipinski definition) is 1. The van der Waals surface area contributed by atoms with Crippen molar-refractivity contribution in [2.24, 2.45) is 0 Å². The molecule has 4 atom stereocenters. The number of nitrogen functional groups attached to an aromatic ring is 1. The van der Waals surface area contributed by atoms with Crippen molar-refractivity contribution < 1.29 is 18.6 Å². The lowest BCUT2D eigenvalue weighted by molar-refractivity contribution is -0.200. The van der Waals surface area contributed by atoms with Gasteiger partial charge in [0.1, 0.15) is 34.2 Å². The van der Waals surface area contributed by atoms with Crippen LogP contribution in [0.15, 0.2) is 6.33 Å². The highest BCUT2D eigenvalue weighted by Crippen LogP contribution is 2.45. The summed E-state index contributed by atoms with van der Waals surface area (Å²) in [7, 11) is -1.94. The molecule has 2 fully saturated rings. The maximum absolute atomic E-state index is 6.45. The van der Waals surface area contributed by atoms with Crippen LogP contribution in [0.1, 0.15) is 40.8 Å². The first-order valence-electron chi connectivity index (χ1n) is 10.1. The summed E-state index contributed by atoms with van der Waals surface area (Å²) in [6, 6.07) is 0. The van der Waals surface area contributed by atoms with Gasteiger partial charge in [-0.1, -0.05) is 20.8 Å². The van der Waals surface area contributed by atoms with E-state index in [1.54, 1.807) is 4.68 Å². The Bertz CT molecular complexity index is 960. The molecule has 0 radical (unpaired) electrons. The molecule has 2 aromatic rings. The minimum Gasteiger partial charge on any atom is -0.414 e. The second kappa shape index (κ2) is 7.34. The number of nitrogens with zero attached hydrogens (tertiary/aromatic N) is 4. The number of anilines is 1. The largest absolute Gasteiger partial charge is 0.414 e. The van der Waals surface area contributed by atoms with Crippen LogP contribution in [-0.4, -0.2) is 58.8 Å². The molecule has 0 unspecified atom stereocenters. The molecule has 9 nitrogen and oxygen atoms in total. The molecule has 30 heavy (non-hydrogen) atoms. The minimum absolute atomic E-state index is 0.111. The molecule has 2 aliphatic rings. The zero-order chi connectivity index (χ0) is 22.1. The van der Waals surface area contributed by atoms with E-state index in [4.69, 9.17) is 24.4 Å². The fraction of sp³-hybridized carbons (Fsp3) is 0.737. The van der Waals surface area contributed by atoms with Gasteiger partial charge in [-0.2, -0.15) is 5.10 Å². The minimum atomic E-state index is -1.94. The maximum Gasteiger partial charge on any atom is 0.192 e. The third-order valence-electron chi connectivity index (χ3n) is 6.26. The van der Waals surface area contributed by atoms with Crippen molar-refractivity contribution >= 4 is 47.8 Å². The molecule has 166 valence electrons. The predicted octanol–water partition coefficient (Wildman–Crippen LogP) is 3.45. The lowest BCUT2D eigenvalue weighted by atomic mass is 10.1. The van der Waals surface area contributed by atoms with E-state index >= 15 is 0 Å². The molecule has 2 aromatic heterocycles. The standard InChI is InChI=1S/C19H30IN5O4Si/c1-18(2,3)30(6,7)26-8-10-12-13(29-19(4,5)28-12)17(27-10)25-16-11(14(20)24-25)15(21)22-9-23-16/h9-10,12-13,17H,8H2,1-7H3,(H2,21,22,23)/t10-,12+,13+,17+/m0/s1. The van der Waals surface area contributed by atoms with Gasteiger partial charge < -0.3 is 24.4 Å². The molecule has 2 saturated heterocycles. The number of fused-ring (bicyclic) bond motifs is 2. The highest BCUT2D eigenvalue weighted by molar-refractivity contribution is 14.1. The van der Waals surface area contributed by atoms with Gasteiger partial charge in [-0.15, -0.1) is 0 Å². The molecule has 0 spiro atoms. The van der Waals surface area contributed by atoms with E-state index in [9.17, 15) is 0 Å². The first-order chi connectivity index (χ1) is 13.8. The van der Waals surface area contributed by atoms with Crippen LogP contribution >= 0.6 is 22.6 Å². The SMILES string of the molecule is CC1(C)O[C@@H]2[C@H](O1)[C@H](CO[Si](C)(C)C(C)(C)C)O[C@H]2n1nc(I)c2c(N)ncnc21. The third kappa shape index (κ3) is 3.77. The van der Waals surface area contributed by atoms with Crippen LogP contribution in [-0.2, 0) is 18.6 Å². The zero-order valence-electron chi connectivity index (χ0n) is 18.5. The van der Waals surface area contributed by atoms with Crippen LogP contribution in [0.25, 0.3) is 11.0 Å². The maximum atomic E-state index is 6.45. The summed E-state index contributed by atoms with van der Waals surface area (Å²) in [5.41, 5.74) is 6.68. The normalized spacial score (nSPS) is 28.9. The molecular formula is C19H30IN5O4Si. The van der Waals surface area contributed by atoms with Crippen molar-refractivity contribution in [3.05, 3.63) is 10.0 Å². The van der Waals surface area contributed by atoms with Gasteiger partial charge in [0.2, 0.25) is 0 Å². The van der Waals surface area contributed by atoms with Gasteiger partial charge in [-0.25, -0.2) is 14.6 Å². The van der Waals surface area contributed by atoms with Crippen LogP contribution < -0.4 is 5.73 Å². The van der Waals surface area contributed by atoms with E-state index in [-0.39, 0.29) is 23.4 Å². The summed E-state index contributed by atoms with van der Waals surface area (Å²) in [5, 5.41) is 5.48. The summed E-state index contributed by atoms with van der Waals surface area (Å²) >= 11 is 2.14. The molecule has 0 aromatic carbocycles. The van der Waals surface area contributed by atoms with Gasteiger partial charge in [0.05, 0.1) is 12.0 Å². The van der Waals surface area contributed by atoms with E-state index < -0.39 is 20.3 Å². The van der Waals surface area contributed by atoms with E-state index in [0.29, 0.717) is 18.1 Å². The van der Waals surface area contributed by atoms with Crippen molar-refractivity contribution in [1.82, 2.24) is 19.7 Å². The molecule has 0 saturated carbocycles. The third-order valence-corrected chi connectivity index (χ3v) is 11.5. The molecule has 0 bridgehead atoms. The highest BCUT2D eigenvalue weighted by Gasteiger charge is 2.57. The Hall–Kier alpha value is -0.863. The first kappa shape index (κ1) is 22.3. The molecule has 4 heterocycles. The molecule has 4 rings (SSSR count). The second-order valence-electron chi connectivity index (χ2n) is 9.89. The molecule has 2 N–H and O–H groups in total. The van der Waals surface area contributed by atoms with Crippen molar-refractivity contribution in [2.45, 2.75) is 83.1 Å². The average molecular weight is 547 g/mol. The van der Waals surface area contributed by atoms with Crippen LogP contribution in [0.4, 0.5) is 5.82 Å². The number of hydrogen-bond acceptors (Lipinski definition) is 8. The Morgan fingerprint density at radius 1 is 1.23 bits per heavy atom. The molecule has 0 amide bonds. The first-order valence-corrected chi connectivity index (χ1v) is 14.1. The summed E-state index contributed by atoms with van der Waals surface area (Å²) in [5.74, 6) is -0.316. The average Bonchev–Trinajstić information content (AvgIpc) is 3.21. The number of nitrogens with two attached hydrogens (primary N) is 1. The van der Waals surface area contributed by atoms with Crippen molar-refractivity contribution in [2.75, 3.05) is 12.3 Å². The second-order valence-corrected chi connectivity index (χ2v) is 15.7. The molecule has 0 aliphatic carbocycles. The topological polar surface area (TPSA) is 107 Å². The van der Waals surface area contributed by atoms with Crippen molar-refractivity contribution in [1.29, 1.82) is 0 Å². The summed E-state index contributed by atoms with van der Waals surface area (Å²) in [6.45, 7) is 15.4. The Morgan fingerprint density at radius 2 is 1.90 bits per heavy atom. The summed E-state index contributed by atoms with van der Waals surface area (Å²) in [6.07, 6.45) is 0.0814. The van der Waals surface area contributed by atoms with Gasteiger partial charge in [0.25, 0.3) is 0 Å². The van der Waals surface area contributed by atoms with Crippen LogP contribution in [0, 0.1) is 3.70 Å². The number of halogens is 1. The van der Waals surface area contributed by atoms with Crippen molar-refractivity contribution in [3.8, 4) is 0 Å². The molecule has 11 heteroatoms. The molecular weight excluding hydrogens is 517 g/mol. The monoisotopic (exact) mass is 547 g/mol. The van der Waals surface area contributed by atoms with E-state index in [0.717, 1.165) is 9.09 Å². The fourth-order valence-corrected chi connectivity index (χ4v) is 5.39. The predicted molar refractivity (Wildman–Crippen MR) is 123 cm³/mol. The molecule has 2 aliphatic heterocycles. The Balaban J connectivity index is 1.65. The lowest BCUT2D eigenvalue weighted by Gasteiger charge is -2.37. The van der Waals surface area contributed by atoms with Gasteiger partial charge >= 0.3 is 0 Å². The van der Waals surface area contributed by atoms with Crippen molar-refractivity contribution in [3.63, 3.8) is 0 Å². The highest BCUT2D eigenvalue weighted by atomic mass is 127. The van der Waals surface area contributed by atoms with Gasteiger partial charge in [0, 0.05) is 0 Å². The van der Waals surface area contributed by atoms with E-state index in [2.05, 4.69) is 71.5 Å². The number of aromatic nitrogens is 4. The van der Waals surface area contributed by atoms with Gasteiger partial charge in [-0.05, 0) is 54.6 Å². The Labute approximate surface area is 191 Å². The summed E-state index contributed by atoms with van der Waals surface area (Å²) in [4.78, 5) is 8.49. The Morgan fingerprint density at radius 3 is 2.57 bits per heavy atom. The van der Waals surface area contributed by atoms with Crippen LogP contribution in [0.2, 0.25) is 18.1 Å². The zero-order valence-corrected chi connectivity index (χ0v) is 21.6. The fourth-order valence-electron chi connectivity index (χ4n) is 3.63. The summed E-state index contributed by atoms with van der Waals surface area (Å²) < 4.78 is 27.8. The lowest BCUT2D eigenvalue weighted by Crippen LogP contribution is -2.44. The van der Waals surface area contributed by atoms with Gasteiger partial charge in [0.15, 0.2) is 26.0 Å². The number of ether oxygens (including phenoxy) is 3. The van der Waals surface area contributed by atoms with Gasteiger partial charge in [-0.3, -0.25) is 0 Å². The quantitative estimate of drug-likeness (QED) is 0.459. The van der Waals surface area contributed by atoms with Crippen LogP contribution in [0.3, 0.4) is 0 Å².